The highest BCUT2D eigenvalue weighted by atomic mass is 16.6. The summed E-state index contributed by atoms with van der Waals surface area (Å²) in [7, 11) is 0. The summed E-state index contributed by atoms with van der Waals surface area (Å²) in [5.74, 6) is -0.956. The number of hydrogen-bond acceptors (Lipinski definition) is 5. The topological polar surface area (TPSA) is 108 Å². The molecule has 0 spiro atoms. The third-order valence-electron chi connectivity index (χ3n) is 5.75. The van der Waals surface area contributed by atoms with Gasteiger partial charge in [-0.25, -0.2) is 4.79 Å². The van der Waals surface area contributed by atoms with E-state index >= 15 is 0 Å². The quantitative estimate of drug-likeness (QED) is 0.418. The van der Waals surface area contributed by atoms with Crippen LogP contribution in [0.15, 0.2) is 60.7 Å². The number of fused-ring (bicyclic) bond motifs is 1. The Kier molecular flexibility index (Phi) is 8.89. The second-order valence-corrected chi connectivity index (χ2v) is 9.98. The molecule has 0 aliphatic heterocycles. The number of nitrogens with zero attached hydrogens (tertiary/aromatic N) is 1. The maximum Gasteiger partial charge on any atom is 0.408 e. The van der Waals surface area contributed by atoms with Gasteiger partial charge in [0.15, 0.2) is 0 Å². The van der Waals surface area contributed by atoms with Crippen molar-refractivity contribution in [2.45, 2.75) is 46.3 Å². The van der Waals surface area contributed by atoms with Crippen LogP contribution in [0.4, 0.5) is 10.5 Å². The lowest BCUT2D eigenvalue weighted by Crippen LogP contribution is -2.47. The number of hydrogen-bond donors (Lipinski definition) is 3. The smallest absolute Gasteiger partial charge is 0.408 e. The fourth-order valence-electron chi connectivity index (χ4n) is 4.05. The number of anilines is 1. The van der Waals surface area contributed by atoms with E-state index in [9.17, 15) is 19.5 Å². The minimum absolute atomic E-state index is 0.0992. The van der Waals surface area contributed by atoms with Gasteiger partial charge in [-0.1, -0.05) is 54.1 Å². The van der Waals surface area contributed by atoms with Gasteiger partial charge in [0.2, 0.25) is 5.91 Å². The van der Waals surface area contributed by atoms with Gasteiger partial charge < -0.3 is 25.4 Å². The number of carbonyl (C=O) groups excluding carboxylic acids is 3. The second-order valence-electron chi connectivity index (χ2n) is 9.98. The van der Waals surface area contributed by atoms with E-state index in [2.05, 4.69) is 10.6 Å². The van der Waals surface area contributed by atoms with Crippen LogP contribution in [0.2, 0.25) is 0 Å². The molecular weight excluding hydrogens is 470 g/mol. The molecule has 0 aliphatic rings. The summed E-state index contributed by atoms with van der Waals surface area (Å²) in [6.45, 7) is 8.09. The summed E-state index contributed by atoms with van der Waals surface area (Å²) in [6, 6.07) is 18.0. The summed E-state index contributed by atoms with van der Waals surface area (Å²) in [4.78, 5) is 40.5. The fraction of sp³-hybridized carbons (Fsp3) is 0.345. The SMILES string of the molecule is Cc1ccc(C)c(C(C(=O)Nc2ccc3ccccc3c2)N(CCO)C(=O)CNC(=O)OC(C)(C)C)c1. The van der Waals surface area contributed by atoms with Gasteiger partial charge >= 0.3 is 6.09 Å². The fourth-order valence-corrected chi connectivity index (χ4v) is 4.05. The van der Waals surface area contributed by atoms with Gasteiger partial charge in [-0.3, -0.25) is 9.59 Å². The number of alkyl carbamates (subject to hydrolysis) is 1. The maximum absolute atomic E-state index is 13.8. The predicted molar refractivity (Wildman–Crippen MR) is 144 cm³/mol. The highest BCUT2D eigenvalue weighted by Crippen LogP contribution is 2.28. The van der Waals surface area contributed by atoms with Crippen molar-refractivity contribution in [2.24, 2.45) is 0 Å². The van der Waals surface area contributed by atoms with Crippen molar-refractivity contribution in [1.29, 1.82) is 0 Å². The van der Waals surface area contributed by atoms with Gasteiger partial charge in [-0.2, -0.15) is 0 Å². The Balaban J connectivity index is 1.93. The first-order valence-corrected chi connectivity index (χ1v) is 12.2. The Morgan fingerprint density at radius 3 is 2.35 bits per heavy atom. The van der Waals surface area contributed by atoms with Crippen LogP contribution in [0.25, 0.3) is 10.8 Å². The molecule has 3 aromatic carbocycles. The van der Waals surface area contributed by atoms with Crippen molar-refractivity contribution in [3.63, 3.8) is 0 Å². The summed E-state index contributed by atoms with van der Waals surface area (Å²) in [5.41, 5.74) is 2.24. The summed E-state index contributed by atoms with van der Waals surface area (Å²) in [5, 5.41) is 17.2. The number of nitrogens with one attached hydrogen (secondary N) is 2. The number of aliphatic hydroxyl groups is 1. The molecule has 196 valence electrons. The number of rotatable bonds is 8. The third kappa shape index (κ3) is 7.54. The highest BCUT2D eigenvalue weighted by molar-refractivity contribution is 6.00. The average Bonchev–Trinajstić information content (AvgIpc) is 2.83. The molecule has 3 N–H and O–H groups in total. The average molecular weight is 506 g/mol. The summed E-state index contributed by atoms with van der Waals surface area (Å²) >= 11 is 0. The van der Waals surface area contributed by atoms with Gasteiger partial charge in [0.05, 0.1) is 6.61 Å². The van der Waals surface area contributed by atoms with Gasteiger partial charge in [-0.05, 0) is 68.7 Å². The maximum atomic E-state index is 13.8. The Hall–Kier alpha value is -3.91. The Morgan fingerprint density at radius 1 is 0.973 bits per heavy atom. The lowest BCUT2D eigenvalue weighted by atomic mass is 9.96. The lowest BCUT2D eigenvalue weighted by Gasteiger charge is -2.32. The van der Waals surface area contributed by atoms with E-state index in [0.29, 0.717) is 11.3 Å². The molecule has 1 atom stereocenters. The molecular formula is C29H35N3O5. The Morgan fingerprint density at radius 2 is 1.68 bits per heavy atom. The van der Waals surface area contributed by atoms with Crippen LogP contribution in [0.3, 0.4) is 0 Å². The van der Waals surface area contributed by atoms with Gasteiger partial charge in [0, 0.05) is 12.2 Å². The molecule has 37 heavy (non-hydrogen) atoms. The monoisotopic (exact) mass is 505 g/mol. The van der Waals surface area contributed by atoms with Crippen molar-refractivity contribution in [1.82, 2.24) is 10.2 Å². The first-order valence-electron chi connectivity index (χ1n) is 12.2. The van der Waals surface area contributed by atoms with E-state index < -0.39 is 29.6 Å². The molecule has 0 saturated heterocycles. The van der Waals surface area contributed by atoms with Crippen LogP contribution >= 0.6 is 0 Å². The van der Waals surface area contributed by atoms with Crippen LogP contribution in [0.5, 0.6) is 0 Å². The van der Waals surface area contributed by atoms with E-state index in [-0.39, 0.29) is 19.7 Å². The number of benzene rings is 3. The largest absolute Gasteiger partial charge is 0.444 e. The molecule has 1 unspecified atom stereocenters. The number of aliphatic hydroxyl groups excluding tert-OH is 1. The minimum Gasteiger partial charge on any atom is -0.444 e. The standard InChI is InChI=1S/C29H35N3O5/c1-19-10-11-20(2)24(16-19)26(27(35)31-23-13-12-21-8-6-7-9-22(21)17-23)32(14-15-33)25(34)18-30-28(36)37-29(3,4)5/h6-13,16-17,26,33H,14-15,18H2,1-5H3,(H,30,36)(H,31,35). The molecule has 3 rings (SSSR count). The van der Waals surface area contributed by atoms with E-state index in [1.54, 1.807) is 20.8 Å². The van der Waals surface area contributed by atoms with Crippen LogP contribution in [0.1, 0.15) is 43.5 Å². The van der Waals surface area contributed by atoms with Crippen molar-refractivity contribution >= 4 is 34.4 Å². The van der Waals surface area contributed by atoms with Crippen LogP contribution in [0, 0.1) is 13.8 Å². The van der Waals surface area contributed by atoms with E-state index in [4.69, 9.17) is 4.74 Å². The molecule has 0 saturated carbocycles. The van der Waals surface area contributed by atoms with Gasteiger partial charge in [-0.15, -0.1) is 0 Å². The van der Waals surface area contributed by atoms with Crippen molar-refractivity contribution in [2.75, 3.05) is 25.0 Å². The molecule has 0 aromatic heterocycles. The number of amides is 3. The second kappa shape index (κ2) is 11.9. The molecule has 0 bridgehead atoms. The van der Waals surface area contributed by atoms with Crippen LogP contribution in [-0.2, 0) is 14.3 Å². The predicted octanol–water partition coefficient (Wildman–Crippen LogP) is 4.48. The van der Waals surface area contributed by atoms with Crippen molar-refractivity contribution in [3.8, 4) is 0 Å². The molecule has 3 aromatic rings. The summed E-state index contributed by atoms with van der Waals surface area (Å²) in [6.07, 6.45) is -0.742. The van der Waals surface area contributed by atoms with Crippen molar-refractivity contribution < 1.29 is 24.2 Å². The normalized spacial score (nSPS) is 12.1. The molecule has 8 heteroatoms. The van der Waals surface area contributed by atoms with Gasteiger partial charge in [0.25, 0.3) is 5.91 Å². The first kappa shape index (κ1) is 27.7. The highest BCUT2D eigenvalue weighted by Gasteiger charge is 2.33. The molecule has 0 radical (unpaired) electrons. The van der Waals surface area contributed by atoms with Crippen LogP contribution in [-0.4, -0.2) is 53.2 Å². The number of carbonyl (C=O) groups is 3. The lowest BCUT2D eigenvalue weighted by molar-refractivity contribution is -0.138. The molecule has 0 heterocycles. The Labute approximate surface area is 217 Å². The zero-order valence-electron chi connectivity index (χ0n) is 22.0. The third-order valence-corrected chi connectivity index (χ3v) is 5.75. The van der Waals surface area contributed by atoms with E-state index in [1.165, 1.54) is 4.90 Å². The minimum atomic E-state index is -1.04. The number of ether oxygens (including phenoxy) is 1. The molecule has 3 amide bonds. The molecule has 0 aliphatic carbocycles. The van der Waals surface area contributed by atoms with E-state index in [1.807, 2.05) is 74.5 Å². The zero-order chi connectivity index (χ0) is 27.2. The molecule has 8 nitrogen and oxygen atoms in total. The van der Waals surface area contributed by atoms with Crippen molar-refractivity contribution in [3.05, 3.63) is 77.4 Å². The zero-order valence-corrected chi connectivity index (χ0v) is 22.0. The Bertz CT molecular complexity index is 1280. The first-order chi connectivity index (χ1) is 17.5. The number of aryl methyl sites for hydroxylation is 2. The summed E-state index contributed by atoms with van der Waals surface area (Å²) < 4.78 is 5.22. The van der Waals surface area contributed by atoms with Gasteiger partial charge in [0.1, 0.15) is 18.2 Å². The van der Waals surface area contributed by atoms with Crippen LogP contribution < -0.4 is 10.6 Å². The van der Waals surface area contributed by atoms with E-state index in [0.717, 1.165) is 21.9 Å². The molecule has 0 fully saturated rings.